The van der Waals surface area contributed by atoms with Crippen LogP contribution in [0.4, 0.5) is 0 Å². The van der Waals surface area contributed by atoms with Crippen molar-refractivity contribution in [1.29, 1.82) is 0 Å². The lowest BCUT2D eigenvalue weighted by atomic mass is 10.4. The number of carbonyl (C=O) groups is 2. The van der Waals surface area contributed by atoms with Crippen molar-refractivity contribution >= 4 is 11.9 Å². The molecule has 0 aromatic heterocycles. The van der Waals surface area contributed by atoms with Crippen molar-refractivity contribution < 1.29 is 19.1 Å². The summed E-state index contributed by atoms with van der Waals surface area (Å²) in [5.74, 6) is -1.21. The van der Waals surface area contributed by atoms with Crippen molar-refractivity contribution in [1.82, 2.24) is 0 Å². The minimum Gasteiger partial charge on any atom is -0.466 e. The number of methoxy groups -OCH3 is 1. The van der Waals surface area contributed by atoms with Gasteiger partial charge in [-0.3, -0.25) is 4.79 Å². The molecule has 10 heavy (non-hydrogen) atoms. The summed E-state index contributed by atoms with van der Waals surface area (Å²) < 4.78 is 8.61. The monoisotopic (exact) mass is 145 g/mol. The molecule has 0 aromatic rings. The highest BCUT2D eigenvalue weighted by Gasteiger charge is 2.15. The minimum atomic E-state index is -1.05. The highest BCUT2D eigenvalue weighted by molar-refractivity contribution is 5.78. The van der Waals surface area contributed by atoms with Crippen LogP contribution < -0.4 is 0 Å². The van der Waals surface area contributed by atoms with E-state index in [0.717, 1.165) is 0 Å². The molecule has 0 aliphatic carbocycles. The van der Waals surface area contributed by atoms with Crippen LogP contribution in [0.3, 0.4) is 0 Å². The molecule has 1 atom stereocenters. The van der Waals surface area contributed by atoms with Crippen molar-refractivity contribution in [3.05, 3.63) is 6.92 Å². The van der Waals surface area contributed by atoms with Crippen LogP contribution in [0, 0.1) is 6.92 Å². The Morgan fingerprint density at radius 1 is 1.50 bits per heavy atom. The van der Waals surface area contributed by atoms with Crippen LogP contribution in [0.1, 0.15) is 6.92 Å². The van der Waals surface area contributed by atoms with Gasteiger partial charge in [-0.25, -0.2) is 4.79 Å². The Hall–Kier alpha value is -1.06. The molecule has 0 aliphatic heterocycles. The molecule has 0 spiro atoms. The summed E-state index contributed by atoms with van der Waals surface area (Å²) in [6, 6.07) is 0. The molecule has 0 bridgehead atoms. The van der Waals surface area contributed by atoms with Crippen molar-refractivity contribution in [2.45, 2.75) is 13.0 Å². The predicted molar refractivity (Wildman–Crippen MR) is 32.9 cm³/mol. The van der Waals surface area contributed by atoms with Crippen molar-refractivity contribution in [2.24, 2.45) is 0 Å². The van der Waals surface area contributed by atoms with Gasteiger partial charge in [0.05, 0.1) is 7.11 Å². The fraction of sp³-hybridized carbons (Fsp3) is 0.500. The average molecular weight is 145 g/mol. The quantitative estimate of drug-likeness (QED) is 0.510. The van der Waals surface area contributed by atoms with E-state index in [9.17, 15) is 9.59 Å². The van der Waals surface area contributed by atoms with Gasteiger partial charge in [0.2, 0.25) is 0 Å². The van der Waals surface area contributed by atoms with Gasteiger partial charge in [0.25, 0.3) is 0 Å². The van der Waals surface area contributed by atoms with Gasteiger partial charge < -0.3 is 9.47 Å². The Morgan fingerprint density at radius 3 is 2.30 bits per heavy atom. The smallest absolute Gasteiger partial charge is 0.347 e. The van der Waals surface area contributed by atoms with Crippen molar-refractivity contribution in [2.75, 3.05) is 7.11 Å². The first-order valence-electron chi connectivity index (χ1n) is 2.66. The van der Waals surface area contributed by atoms with E-state index >= 15 is 0 Å². The third kappa shape index (κ3) is 3.06. The Morgan fingerprint density at radius 2 is 2.00 bits per heavy atom. The van der Waals surface area contributed by atoms with Gasteiger partial charge in [-0.2, -0.15) is 0 Å². The fourth-order valence-corrected chi connectivity index (χ4v) is 0.380. The third-order valence-corrected chi connectivity index (χ3v) is 0.772. The molecular formula is C6H9O4. The Bertz CT molecular complexity index is 141. The van der Waals surface area contributed by atoms with E-state index in [1.807, 2.05) is 0 Å². The molecule has 0 aliphatic rings. The number of rotatable bonds is 2. The summed E-state index contributed by atoms with van der Waals surface area (Å²) in [6.07, 6.45) is -1.05. The molecule has 4 heteroatoms. The molecule has 0 saturated carbocycles. The normalized spacial score (nSPS) is 11.9. The van der Waals surface area contributed by atoms with Gasteiger partial charge in [0.15, 0.2) is 6.10 Å². The zero-order valence-corrected chi connectivity index (χ0v) is 5.92. The molecule has 1 unspecified atom stereocenters. The Kier molecular flexibility index (Phi) is 3.46. The first-order valence-corrected chi connectivity index (χ1v) is 2.66. The van der Waals surface area contributed by atoms with Gasteiger partial charge in [-0.05, 0) is 6.92 Å². The molecule has 0 saturated heterocycles. The van der Waals surface area contributed by atoms with E-state index in [1.165, 1.54) is 14.0 Å². The van der Waals surface area contributed by atoms with Gasteiger partial charge in [-0.15, -0.1) is 0 Å². The van der Waals surface area contributed by atoms with E-state index in [-0.39, 0.29) is 0 Å². The molecule has 57 valence electrons. The zero-order valence-electron chi connectivity index (χ0n) is 5.92. The fourth-order valence-electron chi connectivity index (χ4n) is 0.380. The zero-order chi connectivity index (χ0) is 8.15. The molecule has 0 fully saturated rings. The van der Waals surface area contributed by atoms with Gasteiger partial charge in [0, 0.05) is 6.92 Å². The second kappa shape index (κ2) is 3.87. The van der Waals surface area contributed by atoms with Crippen LogP contribution in [-0.4, -0.2) is 25.2 Å². The van der Waals surface area contributed by atoms with Gasteiger partial charge in [-0.1, -0.05) is 0 Å². The maximum Gasteiger partial charge on any atom is 0.347 e. The molecule has 4 nitrogen and oxygen atoms in total. The molecule has 0 heterocycles. The van der Waals surface area contributed by atoms with E-state index in [4.69, 9.17) is 0 Å². The predicted octanol–water partition coefficient (Wildman–Crippen LogP) is -0.0748. The van der Waals surface area contributed by atoms with Crippen LogP contribution >= 0.6 is 0 Å². The summed E-state index contributed by atoms with van der Waals surface area (Å²) >= 11 is 0. The maximum absolute atomic E-state index is 10.5. The number of ether oxygens (including phenoxy) is 2. The highest BCUT2D eigenvalue weighted by atomic mass is 16.6. The topological polar surface area (TPSA) is 52.6 Å². The van der Waals surface area contributed by atoms with Crippen molar-refractivity contribution in [3.8, 4) is 0 Å². The lowest BCUT2D eigenvalue weighted by Gasteiger charge is -2.07. The summed E-state index contributed by atoms with van der Waals surface area (Å²) in [4.78, 5) is 20.7. The lowest BCUT2D eigenvalue weighted by molar-refractivity contribution is -0.161. The molecular weight excluding hydrogens is 136 g/mol. The number of esters is 2. The number of hydrogen-bond donors (Lipinski definition) is 0. The first kappa shape index (κ1) is 8.94. The second-order valence-corrected chi connectivity index (χ2v) is 1.62. The van der Waals surface area contributed by atoms with Crippen molar-refractivity contribution in [3.63, 3.8) is 0 Å². The van der Waals surface area contributed by atoms with Gasteiger partial charge in [0.1, 0.15) is 0 Å². The van der Waals surface area contributed by atoms with Crippen LogP contribution in [-0.2, 0) is 19.1 Å². The Labute approximate surface area is 59.1 Å². The number of carbonyl (C=O) groups excluding carboxylic acids is 2. The largest absolute Gasteiger partial charge is 0.466 e. The van der Waals surface area contributed by atoms with E-state index in [2.05, 4.69) is 16.4 Å². The molecule has 0 rings (SSSR count). The summed E-state index contributed by atoms with van der Waals surface area (Å²) in [7, 11) is 1.20. The molecule has 0 N–H and O–H groups in total. The second-order valence-electron chi connectivity index (χ2n) is 1.62. The summed E-state index contributed by atoms with van der Waals surface area (Å²) in [5, 5.41) is 0. The highest BCUT2D eigenvalue weighted by Crippen LogP contribution is 1.92. The van der Waals surface area contributed by atoms with E-state index in [1.54, 1.807) is 0 Å². The number of hydrogen-bond acceptors (Lipinski definition) is 4. The van der Waals surface area contributed by atoms with Crippen LogP contribution in [0.15, 0.2) is 0 Å². The summed E-state index contributed by atoms with van der Waals surface area (Å²) in [5.41, 5.74) is 0. The SMILES string of the molecule is [CH2]C(OC(C)=O)C(=O)OC. The first-order chi connectivity index (χ1) is 4.57. The molecule has 0 amide bonds. The molecule has 0 aromatic carbocycles. The minimum absolute atomic E-state index is 0.551. The van der Waals surface area contributed by atoms with Crippen LogP contribution in [0.5, 0.6) is 0 Å². The standard InChI is InChI=1S/C6H9O4/c1-4(6(8)9-3)10-5(2)7/h4H,1H2,2-3H3. The third-order valence-electron chi connectivity index (χ3n) is 0.772. The summed E-state index contributed by atoms with van der Waals surface area (Å²) in [6.45, 7) is 4.43. The molecule has 1 radical (unpaired) electrons. The van der Waals surface area contributed by atoms with Crippen LogP contribution in [0.25, 0.3) is 0 Å². The van der Waals surface area contributed by atoms with Gasteiger partial charge >= 0.3 is 11.9 Å². The maximum atomic E-state index is 10.5. The van der Waals surface area contributed by atoms with E-state index in [0.29, 0.717) is 0 Å². The average Bonchev–Trinajstić information content (AvgIpc) is 1.85. The van der Waals surface area contributed by atoms with E-state index < -0.39 is 18.0 Å². The Balaban J connectivity index is 3.72. The lowest BCUT2D eigenvalue weighted by Crippen LogP contribution is -2.24. The van der Waals surface area contributed by atoms with Crippen LogP contribution in [0.2, 0.25) is 0 Å².